The van der Waals surface area contributed by atoms with Crippen LogP contribution in [-0.4, -0.2) is 14.1 Å². The third-order valence-corrected chi connectivity index (χ3v) is 6.31. The molecule has 20 heavy (non-hydrogen) atoms. The molecule has 0 spiro atoms. The van der Waals surface area contributed by atoms with E-state index < -0.39 is 0 Å². The molecule has 0 bridgehead atoms. The van der Waals surface area contributed by atoms with Crippen LogP contribution in [0.15, 0.2) is 0 Å². The summed E-state index contributed by atoms with van der Waals surface area (Å²) in [6.45, 7) is 12.0. The zero-order valence-electron chi connectivity index (χ0n) is 13.8. The van der Waals surface area contributed by atoms with Crippen molar-refractivity contribution in [2.45, 2.75) is 43.5 Å². The molecule has 0 aromatic heterocycles. The van der Waals surface area contributed by atoms with Crippen LogP contribution < -0.4 is 0 Å². The van der Waals surface area contributed by atoms with Gasteiger partial charge in [-0.05, 0) is 64.2 Å². The van der Waals surface area contributed by atoms with E-state index in [0.717, 1.165) is 0 Å². The Labute approximate surface area is 160 Å². The maximum atomic E-state index is 3.25. The Kier molecular flexibility index (Phi) is 33.9. The third-order valence-electron chi connectivity index (χ3n) is 2.84. The molecule has 0 heterocycles. The fourth-order valence-electron chi connectivity index (χ4n) is 1.51. The number of rotatable bonds is 3. The zero-order valence-corrected chi connectivity index (χ0v) is 17.7. The first kappa shape index (κ1) is 26.5. The SMILES string of the molecule is C[CH2][Al]([CH2]C)[CH2]C.[CH2-]C.[CH]1[CH][CH][CH][CH]1.[CH]1[CH][CH][CH][CH]1.[Y]. The summed E-state index contributed by atoms with van der Waals surface area (Å²) in [4.78, 5) is 0. The van der Waals surface area contributed by atoms with E-state index in [0.29, 0.717) is 0 Å². The molecular formula is C18H30AlY-. The van der Waals surface area contributed by atoms with Crippen molar-refractivity contribution in [2.24, 2.45) is 0 Å². The monoisotopic (exact) mass is 362 g/mol. The summed E-state index contributed by atoms with van der Waals surface area (Å²) in [5.41, 5.74) is 0. The molecule has 0 atom stereocenters. The molecule has 0 aromatic carbocycles. The second kappa shape index (κ2) is 25.6. The normalized spacial score (nSPS) is 15.4. The minimum absolute atomic E-state index is 0. The molecule has 0 N–H and O–H groups in total. The largest absolute Gasteiger partial charge is 0.346 e. The summed E-state index contributed by atoms with van der Waals surface area (Å²) in [6.07, 6.45) is 20.0. The Balaban J connectivity index is -0.000000201. The molecule has 2 rings (SSSR count). The maximum Gasteiger partial charge on any atom is 0.261 e. The van der Waals surface area contributed by atoms with Crippen molar-refractivity contribution in [1.29, 1.82) is 0 Å². The van der Waals surface area contributed by atoms with Gasteiger partial charge in [0.25, 0.3) is 14.1 Å². The van der Waals surface area contributed by atoms with Crippen molar-refractivity contribution >= 4 is 14.1 Å². The fraction of sp³-hybridized carbons (Fsp3) is 0.389. The first-order valence-corrected chi connectivity index (χ1v) is 9.84. The van der Waals surface area contributed by atoms with Crippen LogP contribution in [0.5, 0.6) is 0 Å². The summed E-state index contributed by atoms with van der Waals surface area (Å²) >= 11 is -0.171. The molecule has 11 radical (unpaired) electrons. The van der Waals surface area contributed by atoms with Gasteiger partial charge in [0.2, 0.25) is 0 Å². The van der Waals surface area contributed by atoms with Gasteiger partial charge in [0.05, 0.1) is 0 Å². The molecule has 2 saturated carbocycles. The molecule has 0 aliphatic heterocycles. The molecule has 0 unspecified atom stereocenters. The van der Waals surface area contributed by atoms with E-state index in [9.17, 15) is 0 Å². The van der Waals surface area contributed by atoms with E-state index in [1.165, 1.54) is 15.8 Å². The maximum absolute atomic E-state index is 3.25. The summed E-state index contributed by atoms with van der Waals surface area (Å²) in [7, 11) is 0. The van der Waals surface area contributed by atoms with Gasteiger partial charge in [-0.15, -0.1) is 0 Å². The Morgan fingerprint density at radius 1 is 0.550 bits per heavy atom. The van der Waals surface area contributed by atoms with Crippen LogP contribution in [0.2, 0.25) is 15.8 Å². The van der Waals surface area contributed by atoms with Crippen LogP contribution in [0, 0.1) is 71.1 Å². The molecule has 2 aliphatic carbocycles. The van der Waals surface area contributed by atoms with Crippen LogP contribution in [0.1, 0.15) is 27.7 Å². The van der Waals surface area contributed by atoms with Gasteiger partial charge < -0.3 is 6.92 Å². The van der Waals surface area contributed by atoms with E-state index >= 15 is 0 Å². The molecule has 2 heteroatoms. The molecule has 109 valence electrons. The van der Waals surface area contributed by atoms with Gasteiger partial charge in [0.15, 0.2) is 0 Å². The van der Waals surface area contributed by atoms with Gasteiger partial charge in [-0.3, -0.25) is 0 Å². The molecule has 2 aliphatic rings. The van der Waals surface area contributed by atoms with E-state index in [1.807, 2.05) is 64.2 Å². The van der Waals surface area contributed by atoms with Crippen molar-refractivity contribution in [1.82, 2.24) is 0 Å². The number of hydrogen-bond acceptors (Lipinski definition) is 0. The van der Waals surface area contributed by atoms with Crippen LogP contribution in [0.3, 0.4) is 0 Å². The molecule has 0 aromatic rings. The van der Waals surface area contributed by atoms with Gasteiger partial charge >= 0.3 is 0 Å². The van der Waals surface area contributed by atoms with Gasteiger partial charge in [0, 0.05) is 32.7 Å². The van der Waals surface area contributed by atoms with Gasteiger partial charge in [-0.25, -0.2) is 0 Å². The van der Waals surface area contributed by atoms with E-state index in [4.69, 9.17) is 0 Å². The quantitative estimate of drug-likeness (QED) is 0.464. The van der Waals surface area contributed by atoms with Gasteiger partial charge in [0.1, 0.15) is 0 Å². The second-order valence-electron chi connectivity index (χ2n) is 4.02. The van der Waals surface area contributed by atoms with Crippen molar-refractivity contribution in [3.63, 3.8) is 0 Å². The standard InChI is InChI=1S/2C5H5.4C2H5.Al.Y/c2*1-2-4-5-3-1;4*1-2;;/h2*1-5H;4*1H2,2H3;;/q;;;;;-1;;. The topological polar surface area (TPSA) is 0 Å². The average molecular weight is 362 g/mol. The molecule has 2 fully saturated rings. The van der Waals surface area contributed by atoms with Gasteiger partial charge in [-0.1, -0.05) is 36.6 Å². The molecule has 0 saturated heterocycles. The first-order valence-electron chi connectivity index (χ1n) is 7.39. The fourth-order valence-corrected chi connectivity index (χ4v) is 3.24. The second-order valence-corrected chi connectivity index (χ2v) is 8.20. The average Bonchev–Trinajstić information content (AvgIpc) is 3.21. The van der Waals surface area contributed by atoms with Crippen LogP contribution in [-0.2, 0) is 32.7 Å². The van der Waals surface area contributed by atoms with E-state index in [2.05, 4.69) is 27.7 Å². The Hall–Kier alpha value is 1.64. The molecular weight excluding hydrogens is 332 g/mol. The van der Waals surface area contributed by atoms with Gasteiger partial charge in [-0.2, -0.15) is 6.92 Å². The summed E-state index contributed by atoms with van der Waals surface area (Å²) in [5.74, 6) is 0. The van der Waals surface area contributed by atoms with Crippen LogP contribution in [0.4, 0.5) is 0 Å². The smallest absolute Gasteiger partial charge is 0.261 e. The van der Waals surface area contributed by atoms with Crippen molar-refractivity contribution in [3.8, 4) is 0 Å². The zero-order chi connectivity index (χ0) is 14.8. The predicted molar refractivity (Wildman–Crippen MR) is 91.2 cm³/mol. The summed E-state index contributed by atoms with van der Waals surface area (Å²) in [5, 5.41) is 4.48. The molecule has 0 nitrogen and oxygen atoms in total. The van der Waals surface area contributed by atoms with Crippen LogP contribution >= 0.6 is 0 Å². The van der Waals surface area contributed by atoms with E-state index in [-0.39, 0.29) is 46.9 Å². The Morgan fingerprint density at radius 2 is 0.700 bits per heavy atom. The predicted octanol–water partition coefficient (Wildman–Crippen LogP) is 5.42. The Morgan fingerprint density at radius 3 is 0.750 bits per heavy atom. The third kappa shape index (κ3) is 21.9. The number of hydrogen-bond donors (Lipinski definition) is 0. The minimum Gasteiger partial charge on any atom is -0.346 e. The first-order chi connectivity index (χ1) is 9.35. The molecule has 0 amide bonds. The summed E-state index contributed by atoms with van der Waals surface area (Å²) < 4.78 is 0. The van der Waals surface area contributed by atoms with Crippen molar-refractivity contribution in [2.75, 3.05) is 0 Å². The van der Waals surface area contributed by atoms with Crippen molar-refractivity contribution in [3.05, 3.63) is 71.1 Å². The van der Waals surface area contributed by atoms with Crippen molar-refractivity contribution < 1.29 is 32.7 Å². The summed E-state index contributed by atoms with van der Waals surface area (Å²) in [6, 6.07) is 0. The van der Waals surface area contributed by atoms with E-state index in [1.54, 1.807) is 6.92 Å². The minimum atomic E-state index is -0.171. The van der Waals surface area contributed by atoms with Crippen LogP contribution in [0.25, 0.3) is 0 Å². The Bertz CT molecular complexity index is 96.7.